The number of rotatable bonds is 5. The third kappa shape index (κ3) is 4.66. The van der Waals surface area contributed by atoms with E-state index in [1.54, 1.807) is 0 Å². The van der Waals surface area contributed by atoms with Gasteiger partial charge in [0.05, 0.1) is 13.7 Å². The summed E-state index contributed by atoms with van der Waals surface area (Å²) in [4.78, 5) is 1.85. The summed E-state index contributed by atoms with van der Waals surface area (Å²) in [6, 6.07) is 0.0370. The van der Waals surface area contributed by atoms with Gasteiger partial charge in [0, 0.05) is 6.04 Å². The predicted molar refractivity (Wildman–Crippen MR) is 45.0 cm³/mol. The van der Waals surface area contributed by atoms with Gasteiger partial charge in [0.15, 0.2) is 0 Å². The van der Waals surface area contributed by atoms with Crippen LogP contribution in [0.25, 0.3) is 0 Å². The summed E-state index contributed by atoms with van der Waals surface area (Å²) in [5.74, 6) is 0. The monoisotopic (exact) mass is 197 g/mol. The van der Waals surface area contributed by atoms with E-state index in [0.29, 0.717) is 0 Å². The van der Waals surface area contributed by atoms with Crippen molar-refractivity contribution in [3.8, 4) is 0 Å². The minimum absolute atomic E-state index is 0.0370. The molecule has 0 bridgehead atoms. The van der Waals surface area contributed by atoms with Crippen LogP contribution in [-0.2, 0) is 18.8 Å². The van der Waals surface area contributed by atoms with Gasteiger partial charge in [-0.2, -0.15) is 8.42 Å². The maximum absolute atomic E-state index is 10.7. The Morgan fingerprint density at radius 2 is 1.92 bits per heavy atom. The standard InChI is InChI=1S/C6H15NO4S/c1-6(7(2)3)5-11-12(8,9)10-4/h6H,5H2,1-4H3. The molecule has 0 aromatic heterocycles. The molecule has 0 aliphatic rings. The van der Waals surface area contributed by atoms with Gasteiger partial charge in [-0.15, -0.1) is 0 Å². The number of nitrogens with zero attached hydrogens (tertiary/aromatic N) is 1. The molecule has 1 atom stereocenters. The lowest BCUT2D eigenvalue weighted by molar-refractivity contribution is 0.176. The van der Waals surface area contributed by atoms with Crippen LogP contribution in [0.3, 0.4) is 0 Å². The van der Waals surface area contributed by atoms with Crippen LogP contribution in [0.4, 0.5) is 0 Å². The number of hydrogen-bond acceptors (Lipinski definition) is 5. The molecule has 0 aromatic carbocycles. The van der Waals surface area contributed by atoms with Gasteiger partial charge in [-0.1, -0.05) is 0 Å². The zero-order valence-corrected chi connectivity index (χ0v) is 8.59. The van der Waals surface area contributed by atoms with E-state index >= 15 is 0 Å². The highest BCUT2D eigenvalue weighted by molar-refractivity contribution is 7.81. The van der Waals surface area contributed by atoms with Crippen molar-refractivity contribution in [1.29, 1.82) is 0 Å². The summed E-state index contributed by atoms with van der Waals surface area (Å²) in [7, 11) is 0.972. The average molecular weight is 197 g/mol. The van der Waals surface area contributed by atoms with E-state index in [4.69, 9.17) is 0 Å². The smallest absolute Gasteiger partial charge is 0.304 e. The summed E-state index contributed by atoms with van der Waals surface area (Å²) in [5, 5.41) is 0. The minimum atomic E-state index is -3.77. The van der Waals surface area contributed by atoms with E-state index in [9.17, 15) is 8.42 Å². The molecule has 0 saturated heterocycles. The van der Waals surface area contributed by atoms with Crippen molar-refractivity contribution in [3.63, 3.8) is 0 Å². The Balaban J connectivity index is 3.84. The summed E-state index contributed by atoms with van der Waals surface area (Å²) < 4.78 is 29.9. The highest BCUT2D eigenvalue weighted by Crippen LogP contribution is 1.98. The van der Waals surface area contributed by atoms with Gasteiger partial charge in [-0.05, 0) is 21.0 Å². The molecule has 74 valence electrons. The quantitative estimate of drug-likeness (QED) is 0.613. The van der Waals surface area contributed by atoms with Gasteiger partial charge in [0.25, 0.3) is 0 Å². The van der Waals surface area contributed by atoms with E-state index in [-0.39, 0.29) is 12.6 Å². The van der Waals surface area contributed by atoms with Gasteiger partial charge < -0.3 is 4.90 Å². The van der Waals surface area contributed by atoms with Gasteiger partial charge in [-0.3, -0.25) is 4.18 Å². The van der Waals surface area contributed by atoms with Gasteiger partial charge in [-0.25, -0.2) is 4.18 Å². The number of hydrogen-bond donors (Lipinski definition) is 0. The van der Waals surface area contributed by atoms with Crippen molar-refractivity contribution in [2.45, 2.75) is 13.0 Å². The van der Waals surface area contributed by atoms with E-state index in [0.717, 1.165) is 7.11 Å². The largest absolute Gasteiger partial charge is 0.399 e. The summed E-state index contributed by atoms with van der Waals surface area (Å²) in [6.07, 6.45) is 0. The fourth-order valence-electron chi connectivity index (χ4n) is 0.379. The van der Waals surface area contributed by atoms with E-state index in [1.807, 2.05) is 25.9 Å². The summed E-state index contributed by atoms with van der Waals surface area (Å²) in [5.41, 5.74) is 0. The van der Waals surface area contributed by atoms with Crippen LogP contribution in [0.1, 0.15) is 6.92 Å². The Kier molecular flexibility index (Phi) is 4.69. The molecule has 0 aliphatic carbocycles. The Morgan fingerprint density at radius 3 is 2.25 bits per heavy atom. The van der Waals surface area contributed by atoms with Gasteiger partial charge >= 0.3 is 10.4 Å². The van der Waals surface area contributed by atoms with Crippen molar-refractivity contribution in [3.05, 3.63) is 0 Å². The maximum Gasteiger partial charge on any atom is 0.399 e. The molecule has 0 rings (SSSR count). The van der Waals surface area contributed by atoms with E-state index in [2.05, 4.69) is 8.37 Å². The Morgan fingerprint density at radius 1 is 1.42 bits per heavy atom. The first-order valence-corrected chi connectivity index (χ1v) is 4.84. The van der Waals surface area contributed by atoms with E-state index < -0.39 is 10.4 Å². The van der Waals surface area contributed by atoms with Crippen molar-refractivity contribution >= 4 is 10.4 Å². The Labute approximate surface area is 73.6 Å². The second-order valence-corrected chi connectivity index (χ2v) is 4.06. The van der Waals surface area contributed by atoms with Crippen LogP contribution in [0, 0.1) is 0 Å². The lowest BCUT2D eigenvalue weighted by Crippen LogP contribution is -2.30. The molecule has 0 N–H and O–H groups in total. The Hall–Kier alpha value is -0.170. The molecule has 0 fully saturated rings. The molecule has 5 nitrogen and oxygen atoms in total. The fourth-order valence-corrected chi connectivity index (χ4v) is 0.839. The molecule has 0 radical (unpaired) electrons. The topological polar surface area (TPSA) is 55.8 Å². The molecule has 1 unspecified atom stereocenters. The minimum Gasteiger partial charge on any atom is -0.304 e. The second kappa shape index (κ2) is 4.76. The molecule has 0 aromatic rings. The maximum atomic E-state index is 10.7. The third-order valence-electron chi connectivity index (χ3n) is 1.54. The van der Waals surface area contributed by atoms with Crippen molar-refractivity contribution in [2.24, 2.45) is 0 Å². The Bertz CT molecular complexity index is 212. The molecular formula is C6H15NO4S. The summed E-state index contributed by atoms with van der Waals surface area (Å²) in [6.45, 7) is 1.95. The van der Waals surface area contributed by atoms with Crippen molar-refractivity contribution in [1.82, 2.24) is 4.90 Å². The molecular weight excluding hydrogens is 182 g/mol. The molecule has 6 heteroatoms. The molecule has 0 aliphatic heterocycles. The normalized spacial score (nSPS) is 15.1. The highest BCUT2D eigenvalue weighted by Gasteiger charge is 2.12. The van der Waals surface area contributed by atoms with Crippen molar-refractivity contribution < 1.29 is 16.8 Å². The SMILES string of the molecule is COS(=O)(=O)OCC(C)N(C)C. The first kappa shape index (κ1) is 11.8. The fraction of sp³-hybridized carbons (Fsp3) is 1.00. The highest BCUT2D eigenvalue weighted by atomic mass is 32.3. The molecule has 0 heterocycles. The van der Waals surface area contributed by atoms with Crippen LogP contribution < -0.4 is 0 Å². The van der Waals surface area contributed by atoms with Crippen LogP contribution in [0.5, 0.6) is 0 Å². The van der Waals surface area contributed by atoms with Crippen LogP contribution >= 0.6 is 0 Å². The second-order valence-electron chi connectivity index (χ2n) is 2.67. The predicted octanol–water partition coefficient (Wildman–Crippen LogP) is -0.156. The zero-order chi connectivity index (χ0) is 9.78. The molecule has 0 amide bonds. The van der Waals surface area contributed by atoms with Crippen molar-refractivity contribution in [2.75, 3.05) is 27.8 Å². The zero-order valence-electron chi connectivity index (χ0n) is 7.77. The van der Waals surface area contributed by atoms with Crippen LogP contribution in [0.15, 0.2) is 0 Å². The van der Waals surface area contributed by atoms with Gasteiger partial charge in [0.1, 0.15) is 0 Å². The third-order valence-corrected chi connectivity index (χ3v) is 2.37. The lowest BCUT2D eigenvalue weighted by atomic mass is 10.3. The number of likely N-dealkylation sites (N-methyl/N-ethyl adjacent to an activating group) is 1. The van der Waals surface area contributed by atoms with E-state index in [1.165, 1.54) is 0 Å². The molecule has 0 spiro atoms. The summed E-state index contributed by atoms with van der Waals surface area (Å²) >= 11 is 0. The first-order valence-electron chi connectivity index (χ1n) is 3.50. The molecule has 0 saturated carbocycles. The molecule has 12 heavy (non-hydrogen) atoms. The average Bonchev–Trinajstić information content (AvgIpc) is 2.00. The first-order chi connectivity index (χ1) is 5.39. The lowest BCUT2D eigenvalue weighted by Gasteiger charge is -2.18. The van der Waals surface area contributed by atoms with Crippen LogP contribution in [-0.4, -0.2) is 47.2 Å². The van der Waals surface area contributed by atoms with Gasteiger partial charge in [0.2, 0.25) is 0 Å². The van der Waals surface area contributed by atoms with Crippen LogP contribution in [0.2, 0.25) is 0 Å².